The highest BCUT2D eigenvalue weighted by molar-refractivity contribution is 6.32. The lowest BCUT2D eigenvalue weighted by Crippen LogP contribution is -2.09. The average molecular weight is 454 g/mol. The predicted molar refractivity (Wildman–Crippen MR) is 129 cm³/mol. The molecular weight excluding hydrogens is 426 g/mol. The fourth-order valence-corrected chi connectivity index (χ4v) is 3.55. The first-order valence-corrected chi connectivity index (χ1v) is 10.7. The number of rotatable bonds is 7. The zero-order valence-electron chi connectivity index (χ0n) is 19.2. The molecule has 6 nitrogen and oxygen atoms in total. The number of hydrogen-bond acceptors (Lipinski definition) is 4. The van der Waals surface area contributed by atoms with Crippen molar-refractivity contribution in [3.8, 4) is 17.2 Å². The maximum atomic E-state index is 12.6. The van der Waals surface area contributed by atoms with E-state index in [9.17, 15) is 4.79 Å². The van der Waals surface area contributed by atoms with Crippen molar-refractivity contribution in [2.75, 3.05) is 12.4 Å². The van der Waals surface area contributed by atoms with E-state index in [0.29, 0.717) is 22.2 Å². The molecule has 0 radical (unpaired) electrons. The van der Waals surface area contributed by atoms with Gasteiger partial charge in [0.2, 0.25) is 5.91 Å². The quantitative estimate of drug-likeness (QED) is 0.452. The lowest BCUT2D eigenvalue weighted by atomic mass is 10.1. The van der Waals surface area contributed by atoms with Gasteiger partial charge in [0, 0.05) is 6.08 Å². The number of ether oxygens (including phenoxy) is 2. The molecule has 0 saturated carbocycles. The standard InChI is InChI=1S/C25H28ClN3O3/c1-15(2)32-25-21(26)13-19(14-22(25)31-6)9-12-23(30)27-24-17(4)28-29(18(24)5)20-10-7-16(3)8-11-20/h7-15H,1-6H3,(H,27,30)/b12-9+. The van der Waals surface area contributed by atoms with E-state index >= 15 is 0 Å². The summed E-state index contributed by atoms with van der Waals surface area (Å²) in [5, 5.41) is 7.93. The Morgan fingerprint density at radius 1 is 1.16 bits per heavy atom. The molecule has 0 spiro atoms. The second-order valence-corrected chi connectivity index (χ2v) is 8.22. The van der Waals surface area contributed by atoms with Crippen molar-refractivity contribution < 1.29 is 14.3 Å². The van der Waals surface area contributed by atoms with Crippen LogP contribution >= 0.6 is 11.6 Å². The largest absolute Gasteiger partial charge is 0.493 e. The van der Waals surface area contributed by atoms with Gasteiger partial charge in [-0.25, -0.2) is 4.68 Å². The van der Waals surface area contributed by atoms with E-state index in [1.54, 1.807) is 25.3 Å². The van der Waals surface area contributed by atoms with E-state index < -0.39 is 0 Å². The number of hydrogen-bond donors (Lipinski definition) is 1. The van der Waals surface area contributed by atoms with Crippen LogP contribution in [-0.2, 0) is 4.79 Å². The minimum absolute atomic E-state index is 0.0409. The van der Waals surface area contributed by atoms with Crippen LogP contribution < -0.4 is 14.8 Å². The van der Waals surface area contributed by atoms with Gasteiger partial charge in [-0.1, -0.05) is 29.3 Å². The van der Waals surface area contributed by atoms with Crippen LogP contribution in [0.4, 0.5) is 5.69 Å². The molecule has 0 aliphatic carbocycles. The molecule has 32 heavy (non-hydrogen) atoms. The Morgan fingerprint density at radius 3 is 2.47 bits per heavy atom. The number of carbonyl (C=O) groups is 1. The lowest BCUT2D eigenvalue weighted by molar-refractivity contribution is -0.111. The molecule has 0 atom stereocenters. The van der Waals surface area contributed by atoms with E-state index in [-0.39, 0.29) is 12.0 Å². The van der Waals surface area contributed by atoms with E-state index in [1.165, 1.54) is 11.6 Å². The Bertz CT molecular complexity index is 1150. The van der Waals surface area contributed by atoms with Gasteiger partial charge >= 0.3 is 0 Å². The topological polar surface area (TPSA) is 65.4 Å². The van der Waals surface area contributed by atoms with Crippen LogP contribution in [-0.4, -0.2) is 28.9 Å². The van der Waals surface area contributed by atoms with Crippen LogP contribution in [0.25, 0.3) is 11.8 Å². The third-order valence-corrected chi connectivity index (χ3v) is 5.13. The number of carbonyl (C=O) groups excluding carboxylic acids is 1. The molecule has 0 aliphatic heterocycles. The number of aromatic nitrogens is 2. The van der Waals surface area contributed by atoms with Crippen LogP contribution in [0.1, 0.15) is 36.4 Å². The molecule has 0 saturated heterocycles. The first-order chi connectivity index (χ1) is 15.2. The summed E-state index contributed by atoms with van der Waals surface area (Å²) >= 11 is 6.36. The Hall–Kier alpha value is -3.25. The van der Waals surface area contributed by atoms with Crippen LogP contribution in [0.2, 0.25) is 5.02 Å². The van der Waals surface area contributed by atoms with E-state index in [1.807, 2.05) is 63.6 Å². The van der Waals surface area contributed by atoms with Gasteiger partial charge in [-0.2, -0.15) is 5.10 Å². The molecule has 1 N–H and O–H groups in total. The second-order valence-electron chi connectivity index (χ2n) is 7.82. The molecule has 0 unspecified atom stereocenters. The summed E-state index contributed by atoms with van der Waals surface area (Å²) in [5.74, 6) is 0.732. The minimum Gasteiger partial charge on any atom is -0.493 e. The van der Waals surface area contributed by atoms with Gasteiger partial charge in [0.25, 0.3) is 0 Å². The zero-order chi connectivity index (χ0) is 23.4. The van der Waals surface area contributed by atoms with Crippen molar-refractivity contribution >= 4 is 29.3 Å². The third kappa shape index (κ3) is 5.32. The summed E-state index contributed by atoms with van der Waals surface area (Å²) < 4.78 is 13.0. The Morgan fingerprint density at radius 2 is 1.84 bits per heavy atom. The van der Waals surface area contributed by atoms with Gasteiger partial charge < -0.3 is 14.8 Å². The van der Waals surface area contributed by atoms with Crippen LogP contribution in [0.15, 0.2) is 42.5 Å². The maximum absolute atomic E-state index is 12.6. The van der Waals surface area contributed by atoms with Crippen LogP contribution in [0, 0.1) is 20.8 Å². The maximum Gasteiger partial charge on any atom is 0.248 e. The molecule has 3 aromatic rings. The number of halogens is 1. The molecule has 0 bridgehead atoms. The molecule has 0 fully saturated rings. The first kappa shape index (κ1) is 23.4. The highest BCUT2D eigenvalue weighted by Gasteiger charge is 2.15. The minimum atomic E-state index is -0.266. The van der Waals surface area contributed by atoms with Gasteiger partial charge in [0.1, 0.15) is 0 Å². The van der Waals surface area contributed by atoms with Crippen molar-refractivity contribution in [1.29, 1.82) is 0 Å². The summed E-state index contributed by atoms with van der Waals surface area (Å²) in [7, 11) is 1.55. The molecule has 0 aliphatic rings. The zero-order valence-corrected chi connectivity index (χ0v) is 19.9. The fourth-order valence-electron chi connectivity index (χ4n) is 3.28. The number of nitrogens with zero attached hydrogens (tertiary/aromatic N) is 2. The average Bonchev–Trinajstić information content (AvgIpc) is 3.02. The Labute approximate surface area is 193 Å². The summed E-state index contributed by atoms with van der Waals surface area (Å²) in [4.78, 5) is 12.6. The van der Waals surface area contributed by atoms with Gasteiger partial charge in [-0.3, -0.25) is 4.79 Å². The van der Waals surface area contributed by atoms with Gasteiger partial charge in [0.15, 0.2) is 11.5 Å². The molecule has 3 rings (SSSR count). The normalized spacial score (nSPS) is 11.2. The third-order valence-electron chi connectivity index (χ3n) is 4.85. The number of methoxy groups -OCH3 is 1. The SMILES string of the molecule is COc1cc(/C=C/C(=O)Nc2c(C)nn(-c3ccc(C)cc3)c2C)cc(Cl)c1OC(C)C. The van der Waals surface area contributed by atoms with Crippen molar-refractivity contribution in [2.45, 2.75) is 40.7 Å². The number of anilines is 1. The van der Waals surface area contributed by atoms with Crippen molar-refractivity contribution in [1.82, 2.24) is 9.78 Å². The van der Waals surface area contributed by atoms with E-state index in [4.69, 9.17) is 21.1 Å². The van der Waals surface area contributed by atoms with E-state index in [2.05, 4.69) is 10.4 Å². The second kappa shape index (κ2) is 9.92. The molecule has 1 heterocycles. The molecule has 2 aromatic carbocycles. The summed E-state index contributed by atoms with van der Waals surface area (Å²) in [5.41, 5.74) is 5.13. The molecular formula is C25H28ClN3O3. The molecule has 168 valence electrons. The highest BCUT2D eigenvalue weighted by Crippen LogP contribution is 2.37. The number of benzene rings is 2. The summed E-state index contributed by atoms with van der Waals surface area (Å²) in [6, 6.07) is 11.6. The number of amides is 1. The lowest BCUT2D eigenvalue weighted by Gasteiger charge is -2.15. The Kier molecular flexibility index (Phi) is 7.26. The van der Waals surface area contributed by atoms with Crippen molar-refractivity contribution in [3.05, 3.63) is 70.0 Å². The predicted octanol–water partition coefficient (Wildman–Crippen LogP) is 5.90. The number of nitrogens with one attached hydrogen (secondary N) is 1. The smallest absolute Gasteiger partial charge is 0.248 e. The van der Waals surface area contributed by atoms with Crippen LogP contribution in [0.5, 0.6) is 11.5 Å². The summed E-state index contributed by atoms with van der Waals surface area (Å²) in [6.45, 7) is 9.67. The Balaban J connectivity index is 1.79. The van der Waals surface area contributed by atoms with Crippen molar-refractivity contribution in [3.63, 3.8) is 0 Å². The van der Waals surface area contributed by atoms with Gasteiger partial charge in [-0.05, 0) is 70.5 Å². The monoisotopic (exact) mass is 453 g/mol. The van der Waals surface area contributed by atoms with E-state index in [0.717, 1.165) is 22.6 Å². The first-order valence-electron chi connectivity index (χ1n) is 10.4. The fraction of sp³-hybridized carbons (Fsp3) is 0.280. The highest BCUT2D eigenvalue weighted by atomic mass is 35.5. The molecule has 1 aromatic heterocycles. The van der Waals surface area contributed by atoms with Gasteiger partial charge in [0.05, 0.1) is 41.0 Å². The number of aryl methyl sites for hydroxylation is 2. The van der Waals surface area contributed by atoms with Crippen molar-refractivity contribution in [2.24, 2.45) is 0 Å². The summed E-state index contributed by atoms with van der Waals surface area (Å²) in [6.07, 6.45) is 3.09. The van der Waals surface area contributed by atoms with Crippen LogP contribution in [0.3, 0.4) is 0 Å². The van der Waals surface area contributed by atoms with Gasteiger partial charge in [-0.15, -0.1) is 0 Å². The molecule has 7 heteroatoms. The molecule has 1 amide bonds.